The van der Waals surface area contributed by atoms with Crippen LogP contribution in [0.15, 0.2) is 12.1 Å². The van der Waals surface area contributed by atoms with Gasteiger partial charge >= 0.3 is 0 Å². The molecule has 1 N–H and O–H groups in total. The van der Waals surface area contributed by atoms with Crippen LogP contribution in [0.3, 0.4) is 0 Å². The monoisotopic (exact) mass is 203 g/mol. The average molecular weight is 203 g/mol. The number of hydrogen-bond donors (Lipinski definition) is 1. The van der Waals surface area contributed by atoms with E-state index < -0.39 is 0 Å². The predicted molar refractivity (Wildman–Crippen MR) is 63.3 cm³/mol. The second kappa shape index (κ2) is 5.43. The number of benzene rings is 1. The molecule has 0 radical (unpaired) electrons. The normalized spacial score (nSPS) is 9.33. The zero-order valence-corrected chi connectivity index (χ0v) is 9.77. The molecule has 0 saturated heterocycles. The van der Waals surface area contributed by atoms with E-state index in [1.165, 1.54) is 0 Å². The minimum absolute atomic E-state index is 0.713. The van der Waals surface area contributed by atoms with Gasteiger partial charge in [-0.05, 0) is 44.2 Å². The lowest BCUT2D eigenvalue weighted by Crippen LogP contribution is -2.04. The lowest BCUT2D eigenvalue weighted by Gasteiger charge is -2.06. The number of ether oxygens (including phenoxy) is 1. The van der Waals surface area contributed by atoms with Gasteiger partial charge in [-0.3, -0.25) is 0 Å². The van der Waals surface area contributed by atoms with Gasteiger partial charge in [-0.2, -0.15) is 0 Å². The number of nitrogens with one attached hydrogen (secondary N) is 1. The molecule has 1 rings (SSSR count). The summed E-state index contributed by atoms with van der Waals surface area (Å²) in [5.41, 5.74) is 3.43. The van der Waals surface area contributed by atoms with Crippen molar-refractivity contribution in [2.24, 2.45) is 0 Å². The Balaban J connectivity index is 3.05. The van der Waals surface area contributed by atoms with Crippen LogP contribution >= 0.6 is 0 Å². The third-order valence-corrected chi connectivity index (χ3v) is 2.22. The van der Waals surface area contributed by atoms with Crippen molar-refractivity contribution in [2.75, 3.05) is 20.7 Å². The molecule has 0 aliphatic heterocycles. The Hall–Kier alpha value is -1.46. The minimum atomic E-state index is 0.713. The molecule has 0 atom stereocenters. The van der Waals surface area contributed by atoms with E-state index in [1.54, 1.807) is 7.11 Å². The standard InChI is InChI=1S/C13H17NO/c1-10-8-12(15-4)9-11(2)13(10)6-5-7-14-3/h8-9,14H,7H2,1-4H3. The largest absolute Gasteiger partial charge is 0.497 e. The van der Waals surface area contributed by atoms with Crippen LogP contribution in [-0.2, 0) is 0 Å². The average Bonchev–Trinajstić information content (AvgIpc) is 2.22. The van der Waals surface area contributed by atoms with Gasteiger partial charge in [0.25, 0.3) is 0 Å². The van der Waals surface area contributed by atoms with E-state index in [-0.39, 0.29) is 0 Å². The highest BCUT2D eigenvalue weighted by molar-refractivity contribution is 5.50. The number of hydrogen-bond acceptors (Lipinski definition) is 2. The van der Waals surface area contributed by atoms with Crippen LogP contribution in [0.2, 0.25) is 0 Å². The molecule has 0 heterocycles. The molecule has 0 spiro atoms. The van der Waals surface area contributed by atoms with E-state index in [9.17, 15) is 0 Å². The van der Waals surface area contributed by atoms with Gasteiger partial charge in [0.05, 0.1) is 13.7 Å². The van der Waals surface area contributed by atoms with Gasteiger partial charge < -0.3 is 10.1 Å². The first-order valence-corrected chi connectivity index (χ1v) is 4.97. The van der Waals surface area contributed by atoms with Crippen LogP contribution < -0.4 is 10.1 Å². The SMILES string of the molecule is CNCC#Cc1c(C)cc(OC)cc1C. The van der Waals surface area contributed by atoms with Gasteiger partial charge in [0.2, 0.25) is 0 Å². The topological polar surface area (TPSA) is 21.3 Å². The van der Waals surface area contributed by atoms with Gasteiger partial charge in [0.15, 0.2) is 0 Å². The fraction of sp³-hybridized carbons (Fsp3) is 0.385. The Morgan fingerprint density at radius 2 is 1.87 bits per heavy atom. The molecule has 0 bridgehead atoms. The van der Waals surface area contributed by atoms with E-state index in [0.717, 1.165) is 22.4 Å². The molecular weight excluding hydrogens is 186 g/mol. The number of rotatable bonds is 2. The zero-order valence-electron chi connectivity index (χ0n) is 9.77. The highest BCUT2D eigenvalue weighted by Crippen LogP contribution is 2.20. The van der Waals surface area contributed by atoms with Crippen LogP contribution in [0, 0.1) is 25.7 Å². The molecule has 2 nitrogen and oxygen atoms in total. The summed E-state index contributed by atoms with van der Waals surface area (Å²) in [5.74, 6) is 7.13. The van der Waals surface area contributed by atoms with Crippen molar-refractivity contribution in [1.82, 2.24) is 5.32 Å². The molecule has 1 aromatic carbocycles. The summed E-state index contributed by atoms with van der Waals surface area (Å²) in [6.45, 7) is 4.82. The molecular formula is C13H17NO. The fourth-order valence-electron chi connectivity index (χ4n) is 1.46. The Morgan fingerprint density at radius 1 is 1.27 bits per heavy atom. The first-order chi connectivity index (χ1) is 7.19. The molecule has 0 amide bonds. The molecule has 0 fully saturated rings. The van der Waals surface area contributed by atoms with Crippen LogP contribution in [0.25, 0.3) is 0 Å². The molecule has 0 aliphatic rings. The van der Waals surface area contributed by atoms with Gasteiger partial charge in [0.1, 0.15) is 5.75 Å². The zero-order chi connectivity index (χ0) is 11.3. The second-order valence-electron chi connectivity index (χ2n) is 3.47. The summed E-state index contributed by atoms with van der Waals surface area (Å²) in [6.07, 6.45) is 0. The molecule has 0 aliphatic carbocycles. The highest BCUT2D eigenvalue weighted by atomic mass is 16.5. The van der Waals surface area contributed by atoms with Crippen molar-refractivity contribution >= 4 is 0 Å². The molecule has 0 saturated carbocycles. The van der Waals surface area contributed by atoms with Crippen LogP contribution in [0.4, 0.5) is 0 Å². The fourth-order valence-corrected chi connectivity index (χ4v) is 1.46. The summed E-state index contributed by atoms with van der Waals surface area (Å²) in [4.78, 5) is 0. The highest BCUT2D eigenvalue weighted by Gasteiger charge is 2.02. The second-order valence-corrected chi connectivity index (χ2v) is 3.47. The third kappa shape index (κ3) is 3.00. The van der Waals surface area contributed by atoms with E-state index in [2.05, 4.69) is 31.0 Å². The lowest BCUT2D eigenvalue weighted by molar-refractivity contribution is 0.414. The van der Waals surface area contributed by atoms with E-state index in [4.69, 9.17) is 4.74 Å². The molecule has 15 heavy (non-hydrogen) atoms. The van der Waals surface area contributed by atoms with E-state index in [0.29, 0.717) is 6.54 Å². The number of aryl methyl sites for hydroxylation is 2. The van der Waals surface area contributed by atoms with Crippen molar-refractivity contribution in [3.05, 3.63) is 28.8 Å². The van der Waals surface area contributed by atoms with Crippen molar-refractivity contribution in [1.29, 1.82) is 0 Å². The van der Waals surface area contributed by atoms with Gasteiger partial charge in [0, 0.05) is 5.56 Å². The Morgan fingerprint density at radius 3 is 2.33 bits per heavy atom. The van der Waals surface area contributed by atoms with Crippen molar-refractivity contribution in [3.63, 3.8) is 0 Å². The van der Waals surface area contributed by atoms with E-state index in [1.807, 2.05) is 19.2 Å². The lowest BCUT2D eigenvalue weighted by atomic mass is 10.0. The Labute approximate surface area is 91.6 Å². The molecule has 0 unspecified atom stereocenters. The van der Waals surface area contributed by atoms with Crippen molar-refractivity contribution in [2.45, 2.75) is 13.8 Å². The van der Waals surface area contributed by atoms with E-state index >= 15 is 0 Å². The van der Waals surface area contributed by atoms with Crippen LogP contribution in [0.1, 0.15) is 16.7 Å². The maximum atomic E-state index is 5.20. The Bertz CT molecular complexity index is 376. The third-order valence-electron chi connectivity index (χ3n) is 2.22. The quantitative estimate of drug-likeness (QED) is 0.741. The maximum absolute atomic E-state index is 5.20. The summed E-state index contributed by atoms with van der Waals surface area (Å²) < 4.78 is 5.20. The van der Waals surface area contributed by atoms with Gasteiger partial charge in [-0.15, -0.1) is 0 Å². The minimum Gasteiger partial charge on any atom is -0.497 e. The molecule has 2 heteroatoms. The summed E-state index contributed by atoms with van der Waals surface area (Å²) >= 11 is 0. The molecule has 1 aromatic rings. The smallest absolute Gasteiger partial charge is 0.119 e. The molecule has 0 aromatic heterocycles. The van der Waals surface area contributed by atoms with Crippen molar-refractivity contribution in [3.8, 4) is 17.6 Å². The first-order valence-electron chi connectivity index (χ1n) is 4.97. The summed E-state index contributed by atoms with van der Waals surface area (Å²) in [7, 11) is 3.57. The van der Waals surface area contributed by atoms with Crippen LogP contribution in [-0.4, -0.2) is 20.7 Å². The number of methoxy groups -OCH3 is 1. The Kier molecular flexibility index (Phi) is 4.20. The predicted octanol–water partition coefficient (Wildman–Crippen LogP) is 1.88. The van der Waals surface area contributed by atoms with Gasteiger partial charge in [-0.1, -0.05) is 11.8 Å². The summed E-state index contributed by atoms with van der Waals surface area (Å²) in [5, 5.41) is 3.00. The first kappa shape index (κ1) is 11.6. The summed E-state index contributed by atoms with van der Waals surface area (Å²) in [6, 6.07) is 4.02. The van der Waals surface area contributed by atoms with Crippen LogP contribution in [0.5, 0.6) is 5.75 Å². The maximum Gasteiger partial charge on any atom is 0.119 e. The van der Waals surface area contributed by atoms with Gasteiger partial charge in [-0.25, -0.2) is 0 Å². The molecule has 80 valence electrons. The van der Waals surface area contributed by atoms with Crippen molar-refractivity contribution < 1.29 is 4.74 Å².